The largest absolute Gasteiger partial charge is 0.0625 e. The first-order valence-corrected chi connectivity index (χ1v) is 11.8. The van der Waals surface area contributed by atoms with E-state index in [4.69, 9.17) is 0 Å². The van der Waals surface area contributed by atoms with Crippen molar-refractivity contribution < 1.29 is 0 Å². The maximum absolute atomic E-state index is 2.54. The molecule has 29 heavy (non-hydrogen) atoms. The third kappa shape index (κ3) is 3.49. The summed E-state index contributed by atoms with van der Waals surface area (Å²) < 4.78 is 0. The molecule has 1 unspecified atom stereocenters. The zero-order valence-corrected chi connectivity index (χ0v) is 19.3. The fraction of sp³-hybridized carbons (Fsp3) is 0.517. The molecule has 0 N–H and O–H groups in total. The zero-order valence-electron chi connectivity index (χ0n) is 19.3. The van der Waals surface area contributed by atoms with Crippen molar-refractivity contribution in [2.45, 2.75) is 72.6 Å². The van der Waals surface area contributed by atoms with E-state index in [-0.39, 0.29) is 0 Å². The minimum absolute atomic E-state index is 0.313. The van der Waals surface area contributed by atoms with E-state index in [1.54, 1.807) is 11.1 Å². The summed E-state index contributed by atoms with van der Waals surface area (Å²) in [5.74, 6) is 3.12. The normalized spacial score (nSPS) is 20.3. The van der Waals surface area contributed by atoms with Gasteiger partial charge in [0.1, 0.15) is 0 Å². The Kier molecular flexibility index (Phi) is 5.49. The van der Waals surface area contributed by atoms with E-state index in [9.17, 15) is 0 Å². The molecule has 0 radical (unpaired) electrons. The van der Waals surface area contributed by atoms with Crippen LogP contribution in [0, 0.1) is 23.7 Å². The number of fused-ring (bicyclic) bond motifs is 5. The van der Waals surface area contributed by atoms with Gasteiger partial charge in [-0.05, 0) is 87.4 Å². The Labute approximate surface area is 177 Å². The highest BCUT2D eigenvalue weighted by molar-refractivity contribution is 6.08. The van der Waals surface area contributed by atoms with E-state index >= 15 is 0 Å². The summed E-state index contributed by atoms with van der Waals surface area (Å²) in [6.07, 6.45) is 5.22. The highest BCUT2D eigenvalue weighted by Gasteiger charge is 2.39. The SMILES string of the molecule is CC(C)C(CCC(C)[C@@]1(C)CCc2c1ccc1c2ccc2ccccc21)C(C)C. The first-order chi connectivity index (χ1) is 13.8. The summed E-state index contributed by atoms with van der Waals surface area (Å²) in [4.78, 5) is 0. The van der Waals surface area contributed by atoms with Gasteiger partial charge in [-0.15, -0.1) is 0 Å². The minimum Gasteiger partial charge on any atom is -0.0625 e. The second-order valence-electron chi connectivity index (χ2n) is 10.5. The second kappa shape index (κ2) is 7.78. The zero-order chi connectivity index (χ0) is 20.8. The van der Waals surface area contributed by atoms with Gasteiger partial charge < -0.3 is 0 Å². The molecule has 0 amide bonds. The number of hydrogen-bond donors (Lipinski definition) is 0. The van der Waals surface area contributed by atoms with Crippen LogP contribution < -0.4 is 0 Å². The molecule has 0 saturated heterocycles. The Balaban J connectivity index is 1.66. The van der Waals surface area contributed by atoms with Crippen LogP contribution in [-0.2, 0) is 11.8 Å². The molecule has 0 spiro atoms. The predicted octanol–water partition coefficient (Wildman–Crippen LogP) is 8.54. The molecular weight excluding hydrogens is 348 g/mol. The fourth-order valence-corrected chi connectivity index (χ4v) is 6.18. The first kappa shape index (κ1) is 20.5. The van der Waals surface area contributed by atoms with E-state index in [0.717, 1.165) is 23.7 Å². The monoisotopic (exact) mass is 386 g/mol. The van der Waals surface area contributed by atoms with Gasteiger partial charge in [0.05, 0.1) is 0 Å². The van der Waals surface area contributed by atoms with Crippen LogP contribution in [0.3, 0.4) is 0 Å². The van der Waals surface area contributed by atoms with E-state index in [1.807, 2.05) is 0 Å². The summed E-state index contributed by atoms with van der Waals surface area (Å²) >= 11 is 0. The standard InChI is InChI=1S/C29H38/c1-19(2)23(20(3)4)13-11-21(5)29(6)18-17-27-26-14-12-22-9-7-8-10-24(22)25(26)15-16-28(27)29/h7-10,12,14-16,19-21,23H,11,13,17-18H2,1-6H3/t21?,29-/m1/s1. The van der Waals surface area contributed by atoms with Gasteiger partial charge in [0.25, 0.3) is 0 Å². The molecular formula is C29H38. The maximum Gasteiger partial charge on any atom is -0.00435 e. The molecule has 3 aromatic rings. The van der Waals surface area contributed by atoms with E-state index < -0.39 is 0 Å². The third-order valence-electron chi connectivity index (χ3n) is 8.28. The lowest BCUT2D eigenvalue weighted by Gasteiger charge is -2.35. The Morgan fingerprint density at radius 1 is 0.759 bits per heavy atom. The molecule has 0 nitrogen and oxygen atoms in total. The topological polar surface area (TPSA) is 0 Å². The second-order valence-corrected chi connectivity index (χ2v) is 10.5. The molecule has 0 heteroatoms. The van der Waals surface area contributed by atoms with E-state index in [2.05, 4.69) is 90.1 Å². The van der Waals surface area contributed by atoms with Crippen LogP contribution in [0.4, 0.5) is 0 Å². The molecule has 0 heterocycles. The Morgan fingerprint density at radius 2 is 1.45 bits per heavy atom. The van der Waals surface area contributed by atoms with Crippen molar-refractivity contribution in [3.63, 3.8) is 0 Å². The van der Waals surface area contributed by atoms with Crippen molar-refractivity contribution in [3.8, 4) is 0 Å². The molecule has 0 bridgehead atoms. The Bertz CT molecular complexity index is 1000. The summed E-state index contributed by atoms with van der Waals surface area (Å²) in [5.41, 5.74) is 3.55. The van der Waals surface area contributed by atoms with Crippen LogP contribution in [-0.4, -0.2) is 0 Å². The maximum atomic E-state index is 2.54. The number of benzene rings is 3. The lowest BCUT2D eigenvalue weighted by molar-refractivity contribution is 0.216. The predicted molar refractivity (Wildman–Crippen MR) is 129 cm³/mol. The van der Waals surface area contributed by atoms with Crippen molar-refractivity contribution in [3.05, 3.63) is 59.7 Å². The van der Waals surface area contributed by atoms with Crippen LogP contribution in [0.2, 0.25) is 0 Å². The third-order valence-corrected chi connectivity index (χ3v) is 8.28. The van der Waals surface area contributed by atoms with Gasteiger partial charge in [-0.3, -0.25) is 0 Å². The number of aryl methyl sites for hydroxylation is 1. The van der Waals surface area contributed by atoms with Crippen molar-refractivity contribution in [1.29, 1.82) is 0 Å². The quantitative estimate of drug-likeness (QED) is 0.372. The van der Waals surface area contributed by atoms with Crippen molar-refractivity contribution in [1.82, 2.24) is 0 Å². The van der Waals surface area contributed by atoms with Gasteiger partial charge in [0, 0.05) is 0 Å². The lowest BCUT2D eigenvalue weighted by atomic mass is 9.69. The number of hydrogen-bond acceptors (Lipinski definition) is 0. The van der Waals surface area contributed by atoms with Gasteiger partial charge in [-0.2, -0.15) is 0 Å². The van der Waals surface area contributed by atoms with Gasteiger partial charge in [0.15, 0.2) is 0 Å². The Morgan fingerprint density at radius 3 is 2.17 bits per heavy atom. The van der Waals surface area contributed by atoms with Crippen molar-refractivity contribution in [2.24, 2.45) is 23.7 Å². The van der Waals surface area contributed by atoms with E-state index in [1.165, 1.54) is 47.2 Å². The van der Waals surface area contributed by atoms with Gasteiger partial charge in [-0.1, -0.05) is 90.1 Å². The van der Waals surface area contributed by atoms with Crippen LogP contribution in [0.5, 0.6) is 0 Å². The van der Waals surface area contributed by atoms with Crippen LogP contribution in [0.25, 0.3) is 21.5 Å². The highest BCUT2D eigenvalue weighted by Crippen LogP contribution is 2.48. The molecule has 0 aromatic heterocycles. The summed E-state index contributed by atoms with van der Waals surface area (Å²) in [5, 5.41) is 5.66. The smallest absolute Gasteiger partial charge is 0.00435 e. The number of rotatable bonds is 6. The Hall–Kier alpha value is -1.82. The molecule has 4 rings (SSSR count). The fourth-order valence-electron chi connectivity index (χ4n) is 6.18. The van der Waals surface area contributed by atoms with Crippen molar-refractivity contribution >= 4 is 21.5 Å². The van der Waals surface area contributed by atoms with Crippen LogP contribution >= 0.6 is 0 Å². The summed E-state index contributed by atoms with van der Waals surface area (Å²) in [6, 6.07) is 18.4. The molecule has 2 atom stereocenters. The van der Waals surface area contributed by atoms with E-state index in [0.29, 0.717) is 5.41 Å². The first-order valence-electron chi connectivity index (χ1n) is 11.8. The molecule has 0 aliphatic heterocycles. The molecule has 1 aliphatic rings. The molecule has 1 aliphatic carbocycles. The van der Waals surface area contributed by atoms with Gasteiger partial charge >= 0.3 is 0 Å². The average molecular weight is 387 g/mol. The molecule has 154 valence electrons. The average Bonchev–Trinajstić information content (AvgIpc) is 3.05. The van der Waals surface area contributed by atoms with Gasteiger partial charge in [0.2, 0.25) is 0 Å². The summed E-state index contributed by atoms with van der Waals surface area (Å²) in [6.45, 7) is 14.7. The lowest BCUT2D eigenvalue weighted by Crippen LogP contribution is -2.29. The van der Waals surface area contributed by atoms with Crippen LogP contribution in [0.1, 0.15) is 71.9 Å². The summed E-state index contributed by atoms with van der Waals surface area (Å²) in [7, 11) is 0. The minimum atomic E-state index is 0.313. The molecule has 3 aromatic carbocycles. The van der Waals surface area contributed by atoms with Crippen LogP contribution in [0.15, 0.2) is 48.5 Å². The van der Waals surface area contributed by atoms with Crippen molar-refractivity contribution in [2.75, 3.05) is 0 Å². The van der Waals surface area contributed by atoms with Gasteiger partial charge in [-0.25, -0.2) is 0 Å². The highest BCUT2D eigenvalue weighted by atomic mass is 14.4. The molecule has 0 saturated carbocycles. The molecule has 0 fully saturated rings.